The van der Waals surface area contributed by atoms with Crippen molar-refractivity contribution >= 4 is 27.5 Å². The second-order valence-corrected chi connectivity index (χ2v) is 10.9. The molecule has 1 heterocycles. The van der Waals surface area contributed by atoms with Crippen LogP contribution in [0.5, 0.6) is 11.5 Å². The molecule has 0 aliphatic carbocycles. The SMILES string of the molecule is CCCNC(=O)[C@@H](C)N(Cc1ccc(C)cc1)C(=O)CN(c1ccc2c(c1)OCCO2)S(=O)(=O)CC. The number of hydrogen-bond acceptors (Lipinski definition) is 6. The van der Waals surface area contributed by atoms with Crippen LogP contribution >= 0.6 is 0 Å². The predicted octanol–water partition coefficient (Wildman–Crippen LogP) is 2.87. The molecule has 0 spiro atoms. The van der Waals surface area contributed by atoms with E-state index in [2.05, 4.69) is 5.32 Å². The molecule has 0 saturated heterocycles. The lowest BCUT2D eigenvalue weighted by molar-refractivity contribution is -0.139. The third kappa shape index (κ3) is 6.69. The zero-order chi connectivity index (χ0) is 26.3. The number of benzene rings is 2. The van der Waals surface area contributed by atoms with Gasteiger partial charge in [0.05, 0.1) is 11.4 Å². The van der Waals surface area contributed by atoms with Crippen molar-refractivity contribution in [3.8, 4) is 11.5 Å². The average molecular weight is 518 g/mol. The number of ether oxygens (including phenoxy) is 2. The number of anilines is 1. The van der Waals surface area contributed by atoms with Crippen molar-refractivity contribution in [2.45, 2.75) is 46.7 Å². The van der Waals surface area contributed by atoms with E-state index in [0.717, 1.165) is 21.9 Å². The molecule has 2 amide bonds. The summed E-state index contributed by atoms with van der Waals surface area (Å²) >= 11 is 0. The molecule has 1 atom stereocenters. The largest absolute Gasteiger partial charge is 0.486 e. The summed E-state index contributed by atoms with van der Waals surface area (Å²) in [4.78, 5) is 27.9. The van der Waals surface area contributed by atoms with Gasteiger partial charge in [-0.15, -0.1) is 0 Å². The highest BCUT2D eigenvalue weighted by molar-refractivity contribution is 7.92. The summed E-state index contributed by atoms with van der Waals surface area (Å²) in [5.41, 5.74) is 2.21. The number of aryl methyl sites for hydroxylation is 1. The number of fused-ring (bicyclic) bond motifs is 1. The first kappa shape index (κ1) is 27.3. The molecular formula is C26H35N3O6S. The van der Waals surface area contributed by atoms with E-state index >= 15 is 0 Å². The molecule has 0 unspecified atom stereocenters. The van der Waals surface area contributed by atoms with Crippen molar-refractivity contribution in [1.82, 2.24) is 10.2 Å². The fourth-order valence-corrected chi connectivity index (χ4v) is 4.83. The van der Waals surface area contributed by atoms with Gasteiger partial charge in [-0.2, -0.15) is 0 Å². The van der Waals surface area contributed by atoms with E-state index in [1.54, 1.807) is 25.1 Å². The molecular weight excluding hydrogens is 482 g/mol. The Labute approximate surface area is 213 Å². The predicted molar refractivity (Wildman–Crippen MR) is 139 cm³/mol. The molecule has 2 aromatic carbocycles. The van der Waals surface area contributed by atoms with Crippen LogP contribution in [0.1, 0.15) is 38.3 Å². The van der Waals surface area contributed by atoms with Gasteiger partial charge >= 0.3 is 0 Å². The molecule has 1 N–H and O–H groups in total. The molecule has 2 aromatic rings. The van der Waals surface area contributed by atoms with E-state index in [9.17, 15) is 18.0 Å². The van der Waals surface area contributed by atoms with E-state index in [1.807, 2.05) is 38.1 Å². The quantitative estimate of drug-likeness (QED) is 0.492. The molecule has 9 nitrogen and oxygen atoms in total. The van der Waals surface area contributed by atoms with Gasteiger partial charge in [0.15, 0.2) is 11.5 Å². The summed E-state index contributed by atoms with van der Waals surface area (Å²) < 4.78 is 38.4. The smallest absolute Gasteiger partial charge is 0.244 e. The standard InChI is InChI=1S/C26H35N3O6S/c1-5-13-27-26(31)20(4)28(17-21-9-7-19(3)8-10-21)25(30)18-29(36(32,33)6-2)22-11-12-23-24(16-22)35-15-14-34-23/h7-12,16,20H,5-6,13-15,17-18H2,1-4H3,(H,27,31)/t20-/m1/s1. The third-order valence-electron chi connectivity index (χ3n) is 5.98. The minimum Gasteiger partial charge on any atom is -0.486 e. The van der Waals surface area contributed by atoms with Gasteiger partial charge in [-0.3, -0.25) is 13.9 Å². The fraction of sp³-hybridized carbons (Fsp3) is 0.462. The van der Waals surface area contributed by atoms with Gasteiger partial charge in [0.2, 0.25) is 21.8 Å². The highest BCUT2D eigenvalue weighted by Gasteiger charge is 2.31. The van der Waals surface area contributed by atoms with Gasteiger partial charge < -0.3 is 19.7 Å². The van der Waals surface area contributed by atoms with Crippen molar-refractivity contribution in [3.63, 3.8) is 0 Å². The number of nitrogens with zero attached hydrogens (tertiary/aromatic N) is 2. The zero-order valence-electron chi connectivity index (χ0n) is 21.3. The summed E-state index contributed by atoms with van der Waals surface area (Å²) in [6.45, 7) is 8.06. The van der Waals surface area contributed by atoms with Crippen molar-refractivity contribution < 1.29 is 27.5 Å². The third-order valence-corrected chi connectivity index (χ3v) is 7.72. The number of carbonyl (C=O) groups is 2. The van der Waals surface area contributed by atoms with Crippen molar-refractivity contribution in [2.75, 3.05) is 36.4 Å². The molecule has 0 aromatic heterocycles. The Kier molecular flexibility index (Phi) is 9.19. The van der Waals surface area contributed by atoms with Crippen LogP contribution in [-0.4, -0.2) is 63.2 Å². The number of carbonyl (C=O) groups excluding carboxylic acids is 2. The van der Waals surface area contributed by atoms with Gasteiger partial charge in [0.25, 0.3) is 0 Å². The van der Waals surface area contributed by atoms with Gasteiger partial charge in [0.1, 0.15) is 25.8 Å². The van der Waals surface area contributed by atoms with Crippen LogP contribution in [0.4, 0.5) is 5.69 Å². The maximum absolute atomic E-state index is 13.7. The Hall–Kier alpha value is -3.27. The van der Waals surface area contributed by atoms with E-state index in [4.69, 9.17) is 9.47 Å². The monoisotopic (exact) mass is 517 g/mol. The number of rotatable bonds is 11. The molecule has 0 saturated carbocycles. The summed E-state index contributed by atoms with van der Waals surface area (Å²) in [5.74, 6) is -0.0268. The van der Waals surface area contributed by atoms with Gasteiger partial charge in [-0.1, -0.05) is 36.8 Å². The summed E-state index contributed by atoms with van der Waals surface area (Å²) in [7, 11) is -3.82. The van der Waals surface area contributed by atoms with Crippen LogP contribution < -0.4 is 19.1 Å². The first-order chi connectivity index (χ1) is 17.2. The Morgan fingerprint density at radius 2 is 1.69 bits per heavy atom. The Morgan fingerprint density at radius 1 is 1.03 bits per heavy atom. The van der Waals surface area contributed by atoms with E-state index < -0.39 is 28.5 Å². The number of nitrogens with one attached hydrogen (secondary N) is 1. The summed E-state index contributed by atoms with van der Waals surface area (Å²) in [6.07, 6.45) is 0.761. The first-order valence-corrected chi connectivity index (χ1v) is 13.8. The molecule has 0 radical (unpaired) electrons. The average Bonchev–Trinajstić information content (AvgIpc) is 2.89. The Morgan fingerprint density at radius 3 is 2.33 bits per heavy atom. The highest BCUT2D eigenvalue weighted by Crippen LogP contribution is 2.35. The number of hydrogen-bond donors (Lipinski definition) is 1. The first-order valence-electron chi connectivity index (χ1n) is 12.2. The van der Waals surface area contributed by atoms with Crippen LogP contribution in [0.15, 0.2) is 42.5 Å². The molecule has 36 heavy (non-hydrogen) atoms. The molecule has 1 aliphatic heterocycles. The van der Waals surface area contributed by atoms with Gasteiger partial charge in [-0.05, 0) is 44.9 Å². The van der Waals surface area contributed by atoms with Crippen LogP contribution in [0.3, 0.4) is 0 Å². The second kappa shape index (κ2) is 12.1. The maximum atomic E-state index is 13.7. The lowest BCUT2D eigenvalue weighted by atomic mass is 10.1. The molecule has 0 bridgehead atoms. The molecule has 3 rings (SSSR count). The zero-order valence-corrected chi connectivity index (χ0v) is 22.1. The fourth-order valence-electron chi connectivity index (χ4n) is 3.78. The molecule has 0 fully saturated rings. The topological polar surface area (TPSA) is 105 Å². The lowest BCUT2D eigenvalue weighted by Gasteiger charge is -2.32. The van der Waals surface area contributed by atoms with E-state index in [1.165, 1.54) is 11.8 Å². The van der Waals surface area contributed by atoms with E-state index in [0.29, 0.717) is 36.9 Å². The Balaban J connectivity index is 1.93. The van der Waals surface area contributed by atoms with Gasteiger partial charge in [0, 0.05) is 19.2 Å². The number of amides is 2. The Bertz CT molecular complexity index is 1170. The van der Waals surface area contributed by atoms with Crippen LogP contribution in [0, 0.1) is 6.92 Å². The van der Waals surface area contributed by atoms with Crippen molar-refractivity contribution in [1.29, 1.82) is 0 Å². The number of sulfonamides is 1. The van der Waals surface area contributed by atoms with Crippen molar-refractivity contribution in [2.24, 2.45) is 0 Å². The van der Waals surface area contributed by atoms with Crippen LogP contribution in [0.2, 0.25) is 0 Å². The van der Waals surface area contributed by atoms with Crippen LogP contribution in [0.25, 0.3) is 0 Å². The summed E-state index contributed by atoms with van der Waals surface area (Å²) in [5, 5.41) is 2.83. The van der Waals surface area contributed by atoms with Crippen LogP contribution in [-0.2, 0) is 26.2 Å². The van der Waals surface area contributed by atoms with Gasteiger partial charge in [-0.25, -0.2) is 8.42 Å². The maximum Gasteiger partial charge on any atom is 0.244 e. The molecule has 196 valence electrons. The normalized spacial score (nSPS) is 13.6. The van der Waals surface area contributed by atoms with Crippen molar-refractivity contribution in [3.05, 3.63) is 53.6 Å². The molecule has 10 heteroatoms. The minimum atomic E-state index is -3.82. The summed E-state index contributed by atoms with van der Waals surface area (Å²) in [6, 6.07) is 11.7. The molecule has 1 aliphatic rings. The highest BCUT2D eigenvalue weighted by atomic mass is 32.2. The minimum absolute atomic E-state index is 0.168. The van der Waals surface area contributed by atoms with E-state index in [-0.39, 0.29) is 18.2 Å². The lowest BCUT2D eigenvalue weighted by Crippen LogP contribution is -2.51. The second-order valence-electron chi connectivity index (χ2n) is 8.71.